The highest BCUT2D eigenvalue weighted by atomic mass is 35.5. The molecule has 154 valence electrons. The third-order valence-corrected chi connectivity index (χ3v) is 5.10. The van der Waals surface area contributed by atoms with Crippen LogP contribution in [0.25, 0.3) is 6.08 Å². The predicted octanol–water partition coefficient (Wildman–Crippen LogP) is 3.86. The minimum absolute atomic E-state index is 0.0343. The van der Waals surface area contributed by atoms with Crippen LogP contribution in [0.4, 0.5) is 5.69 Å². The molecule has 0 radical (unpaired) electrons. The topological polar surface area (TPSA) is 115 Å². The van der Waals surface area contributed by atoms with E-state index in [2.05, 4.69) is 15.5 Å². The molecule has 9 nitrogen and oxygen atoms in total. The first-order valence-electron chi connectivity index (χ1n) is 8.39. The van der Waals surface area contributed by atoms with Crippen molar-refractivity contribution in [2.75, 3.05) is 14.2 Å². The molecule has 0 aromatic heterocycles. The van der Waals surface area contributed by atoms with Crippen LogP contribution in [0.1, 0.15) is 11.1 Å². The summed E-state index contributed by atoms with van der Waals surface area (Å²) in [7, 11) is 3.08. The summed E-state index contributed by atoms with van der Waals surface area (Å²) in [5.41, 5.74) is 0.978. The third-order valence-electron chi connectivity index (χ3n) is 3.88. The molecule has 11 heteroatoms. The third kappa shape index (κ3) is 4.97. The average molecular weight is 447 g/mol. The average Bonchev–Trinajstić information content (AvgIpc) is 3.07. The van der Waals surface area contributed by atoms with Gasteiger partial charge >= 0.3 is 0 Å². The summed E-state index contributed by atoms with van der Waals surface area (Å²) >= 11 is 6.90. The molecular formula is C19H15ClN4O5S. The number of nitro groups is 1. The molecule has 1 fully saturated rings. The smallest absolute Gasteiger partial charge is 0.288 e. The molecular weight excluding hydrogens is 432 g/mol. The molecule has 1 aliphatic rings. The van der Waals surface area contributed by atoms with Crippen LogP contribution in [-0.4, -0.2) is 36.4 Å². The zero-order valence-corrected chi connectivity index (χ0v) is 17.4. The van der Waals surface area contributed by atoms with Crippen molar-refractivity contribution in [3.05, 3.63) is 67.6 Å². The number of thioether (sulfide) groups is 1. The molecule has 0 atom stereocenters. The van der Waals surface area contributed by atoms with Crippen molar-refractivity contribution >= 4 is 52.4 Å². The Morgan fingerprint density at radius 2 is 1.87 bits per heavy atom. The van der Waals surface area contributed by atoms with Gasteiger partial charge in [-0.1, -0.05) is 23.7 Å². The number of nitrogens with zero attached hydrogens (tertiary/aromatic N) is 3. The second-order valence-electron chi connectivity index (χ2n) is 5.80. The second kappa shape index (κ2) is 9.42. The molecule has 2 aromatic carbocycles. The van der Waals surface area contributed by atoms with Gasteiger partial charge in [-0.2, -0.15) is 5.10 Å². The molecule has 1 N–H and O–H groups in total. The molecule has 0 aliphatic carbocycles. The number of halogens is 1. The lowest BCUT2D eigenvalue weighted by Crippen LogP contribution is -2.19. The maximum atomic E-state index is 12.2. The predicted molar refractivity (Wildman–Crippen MR) is 116 cm³/mol. The molecule has 1 amide bonds. The largest absolute Gasteiger partial charge is 0.493 e. The summed E-state index contributed by atoms with van der Waals surface area (Å²) in [5.74, 6) is 0.818. The van der Waals surface area contributed by atoms with Gasteiger partial charge in [0.25, 0.3) is 11.6 Å². The summed E-state index contributed by atoms with van der Waals surface area (Å²) in [6.45, 7) is 0. The van der Waals surface area contributed by atoms with Crippen LogP contribution in [-0.2, 0) is 4.79 Å². The van der Waals surface area contributed by atoms with Crippen LogP contribution in [0.3, 0.4) is 0 Å². The number of hydrogen-bond acceptors (Lipinski definition) is 8. The van der Waals surface area contributed by atoms with Gasteiger partial charge in [0.1, 0.15) is 5.02 Å². The first kappa shape index (κ1) is 21.3. The number of carbonyl (C=O) groups is 1. The highest BCUT2D eigenvalue weighted by Gasteiger charge is 2.24. The maximum Gasteiger partial charge on any atom is 0.288 e. The molecule has 1 saturated heterocycles. The summed E-state index contributed by atoms with van der Waals surface area (Å²) in [6, 6.07) is 9.55. The first-order valence-corrected chi connectivity index (χ1v) is 9.58. The number of amidine groups is 1. The van der Waals surface area contributed by atoms with Crippen LogP contribution in [0, 0.1) is 10.1 Å². The quantitative estimate of drug-likeness (QED) is 0.312. The lowest BCUT2D eigenvalue weighted by Gasteiger charge is -2.07. The van der Waals surface area contributed by atoms with E-state index in [0.29, 0.717) is 22.0 Å². The Morgan fingerprint density at radius 3 is 2.57 bits per heavy atom. The first-order chi connectivity index (χ1) is 14.4. The number of carbonyl (C=O) groups excluding carboxylic acids is 1. The minimum Gasteiger partial charge on any atom is -0.493 e. The molecule has 0 bridgehead atoms. The zero-order valence-electron chi connectivity index (χ0n) is 15.8. The van der Waals surface area contributed by atoms with Crippen molar-refractivity contribution < 1.29 is 19.2 Å². The molecule has 1 heterocycles. The molecule has 3 rings (SSSR count). The zero-order chi connectivity index (χ0) is 21.7. The number of amides is 1. The number of hydrogen-bond donors (Lipinski definition) is 1. The molecule has 0 unspecified atom stereocenters. The van der Waals surface area contributed by atoms with Gasteiger partial charge in [-0.05, 0) is 41.6 Å². The van der Waals surface area contributed by atoms with Gasteiger partial charge < -0.3 is 9.47 Å². The molecule has 2 aromatic rings. The van der Waals surface area contributed by atoms with Gasteiger partial charge in [-0.3, -0.25) is 20.2 Å². The number of ether oxygens (including phenoxy) is 2. The fraction of sp³-hybridized carbons (Fsp3) is 0.105. The van der Waals surface area contributed by atoms with Gasteiger partial charge in [-0.15, -0.1) is 5.10 Å². The Hall–Kier alpha value is -3.37. The standard InChI is InChI=1S/C19H15ClN4O5S/c1-28-15-6-4-11(8-16(15)29-2)9-17-18(25)22-19(30-17)23-21-10-12-3-5-13(20)14(7-12)24(26)27/h3-10H,1-2H3,(H,22,23,25). The van der Waals surface area contributed by atoms with E-state index in [-0.39, 0.29) is 21.8 Å². The summed E-state index contributed by atoms with van der Waals surface area (Å²) in [5, 5.41) is 21.7. The SMILES string of the molecule is COc1ccc(C=C2S/C(=N/N=Cc3ccc(Cl)c([N+](=O)[O-])c3)NC2=O)cc1OC. The monoisotopic (exact) mass is 446 g/mol. The Morgan fingerprint density at radius 1 is 1.13 bits per heavy atom. The number of benzene rings is 2. The lowest BCUT2D eigenvalue weighted by atomic mass is 10.2. The van der Waals surface area contributed by atoms with Crippen LogP contribution in [0.15, 0.2) is 51.5 Å². The normalized spacial score (nSPS) is 16.3. The summed E-state index contributed by atoms with van der Waals surface area (Å²) < 4.78 is 10.5. The van der Waals surface area contributed by atoms with Gasteiger partial charge in [0, 0.05) is 11.6 Å². The van der Waals surface area contributed by atoms with E-state index in [0.717, 1.165) is 17.3 Å². The second-order valence-corrected chi connectivity index (χ2v) is 7.23. The van der Waals surface area contributed by atoms with E-state index in [1.165, 1.54) is 25.5 Å². The van der Waals surface area contributed by atoms with E-state index in [1.54, 1.807) is 37.5 Å². The molecule has 1 aliphatic heterocycles. The molecule has 0 saturated carbocycles. The van der Waals surface area contributed by atoms with Crippen molar-refractivity contribution in [2.24, 2.45) is 10.2 Å². The van der Waals surface area contributed by atoms with Gasteiger partial charge in [0.2, 0.25) is 0 Å². The molecule has 30 heavy (non-hydrogen) atoms. The van der Waals surface area contributed by atoms with Crippen LogP contribution in [0.5, 0.6) is 11.5 Å². The van der Waals surface area contributed by atoms with E-state index in [4.69, 9.17) is 21.1 Å². The van der Waals surface area contributed by atoms with E-state index in [1.807, 2.05) is 0 Å². The van der Waals surface area contributed by atoms with Gasteiger partial charge in [0.05, 0.1) is 30.3 Å². The highest BCUT2D eigenvalue weighted by Crippen LogP contribution is 2.31. The number of rotatable bonds is 6. The van der Waals surface area contributed by atoms with Crippen molar-refractivity contribution in [3.63, 3.8) is 0 Å². The number of methoxy groups -OCH3 is 2. The van der Waals surface area contributed by atoms with Crippen molar-refractivity contribution in [1.82, 2.24) is 5.32 Å². The van der Waals surface area contributed by atoms with Crippen LogP contribution in [0.2, 0.25) is 5.02 Å². The fourth-order valence-corrected chi connectivity index (χ4v) is 3.43. The van der Waals surface area contributed by atoms with Crippen LogP contribution >= 0.6 is 23.4 Å². The van der Waals surface area contributed by atoms with Crippen molar-refractivity contribution in [1.29, 1.82) is 0 Å². The van der Waals surface area contributed by atoms with Crippen molar-refractivity contribution in [3.8, 4) is 11.5 Å². The number of nitrogens with one attached hydrogen (secondary N) is 1. The van der Waals surface area contributed by atoms with Crippen LogP contribution < -0.4 is 14.8 Å². The Balaban J connectivity index is 1.75. The lowest BCUT2D eigenvalue weighted by molar-refractivity contribution is -0.384. The highest BCUT2D eigenvalue weighted by molar-refractivity contribution is 8.18. The fourth-order valence-electron chi connectivity index (χ4n) is 2.47. The van der Waals surface area contributed by atoms with E-state index < -0.39 is 4.92 Å². The number of nitro benzene ring substituents is 1. The van der Waals surface area contributed by atoms with Gasteiger partial charge in [0.15, 0.2) is 16.7 Å². The van der Waals surface area contributed by atoms with Crippen molar-refractivity contribution in [2.45, 2.75) is 0 Å². The Bertz CT molecular complexity index is 1100. The minimum atomic E-state index is -0.580. The maximum absolute atomic E-state index is 12.2. The van der Waals surface area contributed by atoms with Gasteiger partial charge in [-0.25, -0.2) is 0 Å². The van der Waals surface area contributed by atoms with E-state index in [9.17, 15) is 14.9 Å². The summed E-state index contributed by atoms with van der Waals surface area (Å²) in [4.78, 5) is 23.0. The van der Waals surface area contributed by atoms with E-state index >= 15 is 0 Å². The summed E-state index contributed by atoms with van der Waals surface area (Å²) in [6.07, 6.45) is 3.02. The Kier molecular flexibility index (Phi) is 6.70. The molecule has 0 spiro atoms. The Labute approximate surface area is 180 Å².